The van der Waals surface area contributed by atoms with Crippen molar-refractivity contribution in [2.75, 3.05) is 0 Å². The lowest BCUT2D eigenvalue weighted by Crippen LogP contribution is -2.09. The number of aryl methyl sites for hydroxylation is 1. The van der Waals surface area contributed by atoms with Gasteiger partial charge in [0, 0.05) is 10.3 Å². The van der Waals surface area contributed by atoms with Crippen LogP contribution in [-0.4, -0.2) is 0 Å². The van der Waals surface area contributed by atoms with Crippen LogP contribution in [0.1, 0.15) is 56.2 Å². The first kappa shape index (κ1) is 14.1. The van der Waals surface area contributed by atoms with E-state index < -0.39 is 0 Å². The molecule has 0 aromatic carbocycles. The van der Waals surface area contributed by atoms with Gasteiger partial charge < -0.3 is 0 Å². The number of rotatable bonds is 9. The Labute approximate surface area is 127 Å². The second-order valence-corrected chi connectivity index (χ2v) is 7.55. The van der Waals surface area contributed by atoms with Crippen LogP contribution in [0.4, 0.5) is 0 Å². The number of hydrogen-bond donors (Lipinski definition) is 0. The summed E-state index contributed by atoms with van der Waals surface area (Å²) in [4.78, 5) is 1.56. The highest BCUT2D eigenvalue weighted by Crippen LogP contribution is 2.47. The zero-order valence-electron chi connectivity index (χ0n) is 12.4. The van der Waals surface area contributed by atoms with Gasteiger partial charge in [-0.2, -0.15) is 0 Å². The van der Waals surface area contributed by atoms with E-state index in [4.69, 9.17) is 0 Å². The van der Waals surface area contributed by atoms with Crippen molar-refractivity contribution in [3.8, 4) is 0 Å². The molecule has 0 aliphatic heterocycles. The zero-order valence-corrected chi connectivity index (χ0v) is 13.2. The molecule has 0 N–H and O–H groups in total. The second kappa shape index (κ2) is 6.76. The van der Waals surface area contributed by atoms with E-state index >= 15 is 0 Å². The highest BCUT2D eigenvalue weighted by Gasteiger charge is 2.35. The summed E-state index contributed by atoms with van der Waals surface area (Å²) in [6.07, 6.45) is 22.3. The van der Waals surface area contributed by atoms with Gasteiger partial charge in [-0.05, 0) is 43.0 Å². The van der Waals surface area contributed by atoms with E-state index in [0.717, 1.165) is 5.92 Å². The van der Waals surface area contributed by atoms with Gasteiger partial charge in [0.25, 0.3) is 0 Å². The molecule has 0 saturated heterocycles. The molecule has 1 heterocycles. The van der Waals surface area contributed by atoms with Gasteiger partial charge in [0.2, 0.25) is 0 Å². The van der Waals surface area contributed by atoms with Gasteiger partial charge in [-0.1, -0.05) is 62.5 Å². The van der Waals surface area contributed by atoms with Crippen LogP contribution in [-0.2, 0) is 6.42 Å². The Hall–Kier alpha value is -0.820. The Morgan fingerprint density at radius 2 is 1.75 bits per heavy atom. The first-order valence-corrected chi connectivity index (χ1v) is 9.15. The molecule has 20 heavy (non-hydrogen) atoms. The van der Waals surface area contributed by atoms with Crippen LogP contribution in [0.5, 0.6) is 0 Å². The number of fused-ring (bicyclic) bond motifs is 2. The van der Waals surface area contributed by atoms with Gasteiger partial charge in [-0.15, -0.1) is 11.3 Å². The minimum absolute atomic E-state index is 0.476. The Morgan fingerprint density at radius 1 is 1.00 bits per heavy atom. The fourth-order valence-corrected chi connectivity index (χ4v) is 4.40. The van der Waals surface area contributed by atoms with E-state index in [0.29, 0.717) is 5.41 Å². The van der Waals surface area contributed by atoms with Crippen LogP contribution < -0.4 is 0 Å². The van der Waals surface area contributed by atoms with Gasteiger partial charge >= 0.3 is 0 Å². The molecule has 1 aromatic rings. The minimum Gasteiger partial charge on any atom is -0.149 e. The van der Waals surface area contributed by atoms with Gasteiger partial charge in [0.1, 0.15) is 0 Å². The Balaban J connectivity index is 1.19. The fraction of sp³-hybridized carbons (Fsp3) is 0.579. The molecule has 108 valence electrons. The minimum atomic E-state index is 0.476. The van der Waals surface area contributed by atoms with E-state index in [9.17, 15) is 0 Å². The molecule has 0 radical (unpaired) electrons. The lowest BCUT2D eigenvalue weighted by Gasteiger charge is -2.20. The van der Waals surface area contributed by atoms with E-state index in [1.54, 1.807) is 4.88 Å². The highest BCUT2D eigenvalue weighted by atomic mass is 32.1. The molecule has 0 nitrogen and oxygen atoms in total. The molecule has 2 aliphatic carbocycles. The lowest BCUT2D eigenvalue weighted by molar-refractivity contribution is 0.414. The fourth-order valence-electron chi connectivity index (χ4n) is 3.65. The molecule has 3 rings (SSSR count). The number of unbranched alkanes of at least 4 members (excludes halogenated alkanes) is 5. The Bertz CT molecular complexity index is 438. The average molecular weight is 286 g/mol. The summed E-state index contributed by atoms with van der Waals surface area (Å²) < 4.78 is 0. The Kier molecular flexibility index (Phi) is 4.77. The first-order valence-electron chi connectivity index (χ1n) is 8.27. The largest absolute Gasteiger partial charge is 0.149 e. The maximum atomic E-state index is 2.47. The number of allylic oxidation sites excluding steroid dienone is 4. The summed E-state index contributed by atoms with van der Waals surface area (Å²) in [5.41, 5.74) is 0.476. The topological polar surface area (TPSA) is 0 Å². The molecule has 0 atom stereocenters. The van der Waals surface area contributed by atoms with Crippen LogP contribution in [0, 0.1) is 11.3 Å². The second-order valence-electron chi connectivity index (χ2n) is 6.52. The van der Waals surface area contributed by atoms with E-state index in [1.807, 2.05) is 11.3 Å². The summed E-state index contributed by atoms with van der Waals surface area (Å²) in [6, 6.07) is 4.43. The Morgan fingerprint density at radius 3 is 2.40 bits per heavy atom. The predicted molar refractivity (Wildman–Crippen MR) is 89.2 cm³/mol. The van der Waals surface area contributed by atoms with Crippen LogP contribution in [0.25, 0.3) is 0 Å². The van der Waals surface area contributed by atoms with Crippen molar-refractivity contribution >= 4 is 11.3 Å². The van der Waals surface area contributed by atoms with Crippen molar-refractivity contribution < 1.29 is 0 Å². The standard InChI is InChI=1S/C19H26S/c1(3-5-8-18-9-7-15-20-18)2-4-6-12-19-13-10-17(16-19)11-14-19/h7,9-11,13-15,17H,1-6,8,12,16H2. The number of hydrogen-bond acceptors (Lipinski definition) is 1. The zero-order chi connectivity index (χ0) is 13.7. The molecule has 0 fully saturated rings. The molecular weight excluding hydrogens is 260 g/mol. The maximum absolute atomic E-state index is 2.47. The van der Waals surface area contributed by atoms with Crippen molar-refractivity contribution in [1.29, 1.82) is 0 Å². The SMILES string of the molecule is C1=CC2(CCCCCCCCc3cccs3)C=CC1C2. The quantitative estimate of drug-likeness (QED) is 0.377. The van der Waals surface area contributed by atoms with Crippen LogP contribution in [0.2, 0.25) is 0 Å². The van der Waals surface area contributed by atoms with Crippen LogP contribution in [0.15, 0.2) is 41.8 Å². The first-order chi connectivity index (χ1) is 9.86. The smallest absolute Gasteiger partial charge is 0.00699 e. The monoisotopic (exact) mass is 286 g/mol. The predicted octanol–water partition coefficient (Wildman–Crippen LogP) is 6.15. The number of thiophene rings is 1. The summed E-state index contributed by atoms with van der Waals surface area (Å²) in [5.74, 6) is 0.771. The molecule has 2 aliphatic rings. The maximum Gasteiger partial charge on any atom is 0.00699 e. The van der Waals surface area contributed by atoms with E-state index in [2.05, 4.69) is 41.8 Å². The van der Waals surface area contributed by atoms with Crippen molar-refractivity contribution in [2.24, 2.45) is 11.3 Å². The summed E-state index contributed by atoms with van der Waals surface area (Å²) in [7, 11) is 0. The average Bonchev–Trinajstić information content (AvgIpc) is 3.18. The van der Waals surface area contributed by atoms with E-state index in [-0.39, 0.29) is 0 Å². The van der Waals surface area contributed by atoms with Crippen molar-refractivity contribution in [1.82, 2.24) is 0 Å². The summed E-state index contributed by atoms with van der Waals surface area (Å²) >= 11 is 1.90. The molecule has 1 heteroatoms. The van der Waals surface area contributed by atoms with E-state index in [1.165, 1.54) is 57.8 Å². The van der Waals surface area contributed by atoms with Crippen LogP contribution in [0.3, 0.4) is 0 Å². The third kappa shape index (κ3) is 3.63. The molecular formula is C19H26S. The molecule has 0 amide bonds. The van der Waals surface area contributed by atoms with Gasteiger partial charge in [-0.3, -0.25) is 0 Å². The summed E-state index contributed by atoms with van der Waals surface area (Å²) in [5, 5.41) is 2.19. The third-order valence-corrected chi connectivity index (χ3v) is 5.80. The lowest BCUT2D eigenvalue weighted by atomic mass is 9.84. The molecule has 1 aromatic heterocycles. The van der Waals surface area contributed by atoms with Gasteiger partial charge in [0.15, 0.2) is 0 Å². The molecule has 0 spiro atoms. The van der Waals surface area contributed by atoms with Crippen molar-refractivity contribution in [3.63, 3.8) is 0 Å². The van der Waals surface area contributed by atoms with Crippen LogP contribution >= 0.6 is 11.3 Å². The van der Waals surface area contributed by atoms with Gasteiger partial charge in [-0.25, -0.2) is 0 Å². The molecule has 2 bridgehead atoms. The molecule has 0 saturated carbocycles. The normalized spacial score (nSPS) is 26.7. The molecule has 0 unspecified atom stereocenters. The summed E-state index contributed by atoms with van der Waals surface area (Å²) in [6.45, 7) is 0. The van der Waals surface area contributed by atoms with Crippen molar-refractivity contribution in [3.05, 3.63) is 46.7 Å². The van der Waals surface area contributed by atoms with Crippen molar-refractivity contribution in [2.45, 2.75) is 57.8 Å². The third-order valence-electron chi connectivity index (χ3n) is 4.86. The van der Waals surface area contributed by atoms with Gasteiger partial charge in [0.05, 0.1) is 0 Å². The highest BCUT2D eigenvalue weighted by molar-refractivity contribution is 7.09.